The lowest BCUT2D eigenvalue weighted by molar-refractivity contribution is -0.133. The van der Waals surface area contributed by atoms with E-state index in [0.717, 1.165) is 48.0 Å². The molecule has 0 saturated carbocycles. The van der Waals surface area contributed by atoms with E-state index >= 15 is 0 Å². The molecule has 3 rings (SSSR count). The first-order valence-electron chi connectivity index (χ1n) is 8.24. The van der Waals surface area contributed by atoms with Gasteiger partial charge in [0.25, 0.3) is 0 Å². The summed E-state index contributed by atoms with van der Waals surface area (Å²) >= 11 is 3.49. The van der Waals surface area contributed by atoms with Crippen LogP contribution >= 0.6 is 15.9 Å². The molecule has 1 atom stereocenters. The monoisotopic (exact) mass is 385 g/mol. The number of rotatable bonds is 7. The van der Waals surface area contributed by atoms with Crippen molar-refractivity contribution in [2.24, 2.45) is 0 Å². The summed E-state index contributed by atoms with van der Waals surface area (Å²) in [6.45, 7) is 1.57. The van der Waals surface area contributed by atoms with Crippen LogP contribution in [0.1, 0.15) is 35.6 Å². The van der Waals surface area contributed by atoms with Crippen molar-refractivity contribution >= 4 is 28.0 Å². The van der Waals surface area contributed by atoms with Crippen LogP contribution in [0.25, 0.3) is 0 Å². The average molecular weight is 386 g/mol. The Kier molecular flexibility index (Phi) is 5.59. The minimum atomic E-state index is -0.399. The second-order valence-electron chi connectivity index (χ2n) is 6.18. The molecule has 0 bridgehead atoms. The van der Waals surface area contributed by atoms with Crippen LogP contribution in [0.3, 0.4) is 0 Å². The topological polar surface area (TPSA) is 37.4 Å². The molecular formula is C20H20BrNO2. The number of halogens is 1. The quantitative estimate of drug-likeness (QED) is 0.409. The van der Waals surface area contributed by atoms with E-state index in [1.54, 1.807) is 0 Å². The number of hydrogen-bond donors (Lipinski definition) is 0. The second-order valence-corrected chi connectivity index (χ2v) is 7.09. The van der Waals surface area contributed by atoms with Crippen molar-refractivity contribution in [2.45, 2.75) is 31.8 Å². The Balaban J connectivity index is 1.58. The third-order valence-electron chi connectivity index (χ3n) is 4.52. The van der Waals surface area contributed by atoms with Gasteiger partial charge in [0.15, 0.2) is 6.29 Å². The predicted molar refractivity (Wildman–Crippen MR) is 97.7 cm³/mol. The van der Waals surface area contributed by atoms with Crippen LogP contribution in [0.5, 0.6) is 0 Å². The van der Waals surface area contributed by atoms with Gasteiger partial charge in [0.1, 0.15) is 6.04 Å². The summed E-state index contributed by atoms with van der Waals surface area (Å²) in [5.74, 6) is -0.341. The zero-order chi connectivity index (χ0) is 16.9. The molecule has 1 heterocycles. The maximum atomic E-state index is 12.1. The number of carbonyl (C=O) groups excluding carboxylic acids is 2. The lowest BCUT2D eigenvalue weighted by Crippen LogP contribution is -2.30. The standard InChI is InChI=1S/C20H20BrNO2/c21-17-9-5-7-15(12-17)6-3-4-11-22-13-16-8-1-2-10-18(16)20(22)19(24)14-23/h1-2,5,7-10,12,14,20H,3-4,6,11,13H2. The molecule has 2 aromatic rings. The molecule has 1 aliphatic rings. The highest BCUT2D eigenvalue weighted by atomic mass is 79.9. The fourth-order valence-corrected chi connectivity index (χ4v) is 3.84. The average Bonchev–Trinajstić information content (AvgIpc) is 2.96. The molecule has 4 heteroatoms. The van der Waals surface area contributed by atoms with Crippen LogP contribution < -0.4 is 0 Å². The normalized spacial score (nSPS) is 16.8. The summed E-state index contributed by atoms with van der Waals surface area (Å²) in [5, 5.41) is 0. The molecule has 0 aliphatic carbocycles. The van der Waals surface area contributed by atoms with E-state index in [4.69, 9.17) is 0 Å². The first-order chi connectivity index (χ1) is 11.7. The molecule has 0 amide bonds. The van der Waals surface area contributed by atoms with Crippen molar-refractivity contribution in [3.63, 3.8) is 0 Å². The summed E-state index contributed by atoms with van der Waals surface area (Å²) in [6.07, 6.45) is 3.54. The second kappa shape index (κ2) is 7.86. The number of aldehydes is 1. The van der Waals surface area contributed by atoms with Gasteiger partial charge in [-0.15, -0.1) is 0 Å². The number of fused-ring (bicyclic) bond motifs is 1. The highest BCUT2D eigenvalue weighted by Gasteiger charge is 2.34. The highest BCUT2D eigenvalue weighted by Crippen LogP contribution is 2.34. The Morgan fingerprint density at radius 1 is 1.17 bits per heavy atom. The summed E-state index contributed by atoms with van der Waals surface area (Å²) < 4.78 is 1.10. The number of unbranched alkanes of at least 4 members (excludes halogenated alkanes) is 1. The molecule has 0 spiro atoms. The van der Waals surface area contributed by atoms with Crippen LogP contribution in [-0.4, -0.2) is 23.5 Å². The molecule has 0 fully saturated rings. The van der Waals surface area contributed by atoms with Gasteiger partial charge in [0.2, 0.25) is 5.78 Å². The van der Waals surface area contributed by atoms with Crippen molar-refractivity contribution in [2.75, 3.05) is 6.54 Å². The fraction of sp³-hybridized carbons (Fsp3) is 0.300. The minimum absolute atomic E-state index is 0.341. The van der Waals surface area contributed by atoms with Gasteiger partial charge in [-0.05, 0) is 54.6 Å². The van der Waals surface area contributed by atoms with Gasteiger partial charge in [-0.25, -0.2) is 0 Å². The van der Waals surface area contributed by atoms with Crippen molar-refractivity contribution in [3.05, 3.63) is 69.7 Å². The molecule has 3 nitrogen and oxygen atoms in total. The number of Topliss-reactive ketones (excluding diaryl/α,β-unsaturated/α-hetero) is 1. The van der Waals surface area contributed by atoms with Crippen molar-refractivity contribution in [1.82, 2.24) is 4.90 Å². The minimum Gasteiger partial charge on any atom is -0.295 e. The SMILES string of the molecule is O=CC(=O)C1c2ccccc2CN1CCCCc1cccc(Br)c1. The van der Waals surface area contributed by atoms with Crippen LogP contribution in [0.2, 0.25) is 0 Å². The zero-order valence-electron chi connectivity index (χ0n) is 13.5. The smallest absolute Gasteiger partial charge is 0.216 e. The molecule has 1 aliphatic heterocycles. The van der Waals surface area contributed by atoms with E-state index in [1.165, 1.54) is 5.56 Å². The molecular weight excluding hydrogens is 366 g/mol. The highest BCUT2D eigenvalue weighted by molar-refractivity contribution is 9.10. The summed E-state index contributed by atoms with van der Waals surface area (Å²) in [7, 11) is 0. The van der Waals surface area contributed by atoms with Gasteiger partial charge in [0.05, 0.1) is 0 Å². The summed E-state index contributed by atoms with van der Waals surface area (Å²) in [6, 6.07) is 15.9. The predicted octanol–water partition coefficient (Wildman–Crippen LogP) is 4.10. The van der Waals surface area contributed by atoms with Crippen LogP contribution in [0, 0.1) is 0 Å². The molecule has 0 aromatic heterocycles. The number of benzene rings is 2. The van der Waals surface area contributed by atoms with Gasteiger partial charge >= 0.3 is 0 Å². The van der Waals surface area contributed by atoms with Crippen molar-refractivity contribution in [1.29, 1.82) is 0 Å². The Bertz CT molecular complexity index is 744. The van der Waals surface area contributed by atoms with Crippen molar-refractivity contribution < 1.29 is 9.59 Å². The summed E-state index contributed by atoms with van der Waals surface area (Å²) in [5.41, 5.74) is 3.46. The van der Waals surface area contributed by atoms with Gasteiger partial charge < -0.3 is 0 Å². The maximum absolute atomic E-state index is 12.1. The molecule has 124 valence electrons. The number of ketones is 1. The van der Waals surface area contributed by atoms with Gasteiger partial charge in [-0.1, -0.05) is 52.3 Å². The Morgan fingerprint density at radius 2 is 2.00 bits per heavy atom. The number of aryl methyl sites for hydroxylation is 1. The molecule has 24 heavy (non-hydrogen) atoms. The van der Waals surface area contributed by atoms with Crippen molar-refractivity contribution in [3.8, 4) is 0 Å². The van der Waals surface area contributed by atoms with E-state index < -0.39 is 6.04 Å². The Labute approximate surface area is 150 Å². The van der Waals surface area contributed by atoms with E-state index in [2.05, 4.69) is 39.0 Å². The van der Waals surface area contributed by atoms with Crippen LogP contribution in [0.4, 0.5) is 0 Å². The molecule has 0 radical (unpaired) electrons. The number of carbonyl (C=O) groups is 2. The lowest BCUT2D eigenvalue weighted by Gasteiger charge is -2.22. The Hall–Kier alpha value is -1.78. The number of nitrogens with zero attached hydrogens (tertiary/aromatic N) is 1. The first-order valence-corrected chi connectivity index (χ1v) is 9.03. The third kappa shape index (κ3) is 3.82. The fourth-order valence-electron chi connectivity index (χ4n) is 3.39. The first kappa shape index (κ1) is 17.1. The van der Waals surface area contributed by atoms with Gasteiger partial charge in [-0.2, -0.15) is 0 Å². The molecule has 0 N–H and O–H groups in total. The van der Waals surface area contributed by atoms with Crippen LogP contribution in [-0.2, 0) is 22.6 Å². The zero-order valence-corrected chi connectivity index (χ0v) is 15.0. The Morgan fingerprint density at radius 3 is 2.79 bits per heavy atom. The van der Waals surface area contributed by atoms with E-state index in [9.17, 15) is 9.59 Å². The number of hydrogen-bond acceptors (Lipinski definition) is 3. The van der Waals surface area contributed by atoms with Crippen LogP contribution in [0.15, 0.2) is 53.0 Å². The third-order valence-corrected chi connectivity index (χ3v) is 5.02. The largest absolute Gasteiger partial charge is 0.295 e. The van der Waals surface area contributed by atoms with E-state index in [1.807, 2.05) is 30.3 Å². The van der Waals surface area contributed by atoms with Gasteiger partial charge in [-0.3, -0.25) is 14.5 Å². The van der Waals surface area contributed by atoms with Gasteiger partial charge in [0, 0.05) is 11.0 Å². The van der Waals surface area contributed by atoms with E-state index in [-0.39, 0.29) is 5.78 Å². The molecule has 1 unspecified atom stereocenters. The molecule has 0 saturated heterocycles. The van der Waals surface area contributed by atoms with E-state index in [0.29, 0.717) is 6.29 Å². The maximum Gasteiger partial charge on any atom is 0.216 e. The summed E-state index contributed by atoms with van der Waals surface area (Å²) in [4.78, 5) is 25.2. The molecule has 2 aromatic carbocycles. The lowest BCUT2D eigenvalue weighted by atomic mass is 10.0.